The van der Waals surface area contributed by atoms with Crippen molar-refractivity contribution in [2.75, 3.05) is 31.2 Å². The Morgan fingerprint density at radius 1 is 0.974 bits per heavy atom. The van der Waals surface area contributed by atoms with Gasteiger partial charge in [-0.2, -0.15) is 0 Å². The Morgan fingerprint density at radius 2 is 1.67 bits per heavy atom. The number of fused-ring (bicyclic) bond motifs is 2. The van der Waals surface area contributed by atoms with E-state index in [2.05, 4.69) is 0 Å². The highest BCUT2D eigenvalue weighted by atomic mass is 16.5. The molecule has 39 heavy (non-hydrogen) atoms. The number of rotatable bonds is 7. The normalized spacial score (nSPS) is 32.7. The van der Waals surface area contributed by atoms with E-state index in [4.69, 9.17) is 9.47 Å². The molecule has 1 aromatic rings. The van der Waals surface area contributed by atoms with E-state index >= 15 is 0 Å². The van der Waals surface area contributed by atoms with Crippen molar-refractivity contribution in [3.05, 3.63) is 48.6 Å². The van der Waals surface area contributed by atoms with Crippen molar-refractivity contribution in [1.82, 2.24) is 9.80 Å². The Balaban J connectivity index is 1.64. The van der Waals surface area contributed by atoms with E-state index in [1.54, 1.807) is 16.7 Å². The largest absolute Gasteiger partial charge is 0.494 e. The van der Waals surface area contributed by atoms with Gasteiger partial charge in [0.05, 0.1) is 36.7 Å². The Bertz CT molecular complexity index is 1200. The summed E-state index contributed by atoms with van der Waals surface area (Å²) in [5, 5.41) is 10.1. The highest BCUT2D eigenvalue weighted by Gasteiger charge is 2.75. The summed E-state index contributed by atoms with van der Waals surface area (Å²) in [6.07, 6.45) is 8.04. The summed E-state index contributed by atoms with van der Waals surface area (Å²) in [6, 6.07) is 5.65. The van der Waals surface area contributed by atoms with Gasteiger partial charge in [0.15, 0.2) is 0 Å². The first kappa shape index (κ1) is 27.4. The Kier molecular flexibility index (Phi) is 7.09. The lowest BCUT2D eigenvalue weighted by Gasteiger charge is -2.40. The van der Waals surface area contributed by atoms with Crippen molar-refractivity contribution in [3.8, 4) is 5.75 Å². The van der Waals surface area contributed by atoms with Gasteiger partial charge in [0.1, 0.15) is 17.4 Å². The predicted molar refractivity (Wildman–Crippen MR) is 146 cm³/mol. The number of hydrogen-bond acceptors (Lipinski definition) is 6. The molecule has 6 atom stereocenters. The van der Waals surface area contributed by atoms with Crippen molar-refractivity contribution in [2.24, 2.45) is 11.8 Å². The number of carbonyl (C=O) groups excluding carboxylic acids is 3. The molecule has 1 unspecified atom stereocenters. The summed E-state index contributed by atoms with van der Waals surface area (Å²) in [7, 11) is 0. The fourth-order valence-electron chi connectivity index (χ4n) is 6.86. The molecule has 0 bridgehead atoms. The van der Waals surface area contributed by atoms with E-state index in [1.165, 1.54) is 4.90 Å². The third-order valence-corrected chi connectivity index (χ3v) is 8.73. The number of nitrogens with zero attached hydrogens (tertiary/aromatic N) is 3. The van der Waals surface area contributed by atoms with Gasteiger partial charge in [0.25, 0.3) is 0 Å². The molecule has 2 saturated heterocycles. The number of aliphatic hydroxyl groups excluding tert-OH is 1. The van der Waals surface area contributed by atoms with E-state index < -0.39 is 35.1 Å². The summed E-state index contributed by atoms with van der Waals surface area (Å²) >= 11 is 0. The molecule has 3 amide bonds. The van der Waals surface area contributed by atoms with Crippen LogP contribution < -0.4 is 9.64 Å². The predicted octanol–water partition coefficient (Wildman–Crippen LogP) is 2.54. The second kappa shape index (κ2) is 10.1. The second-order valence-corrected chi connectivity index (χ2v) is 11.2. The van der Waals surface area contributed by atoms with Crippen LogP contribution in [0.2, 0.25) is 0 Å². The molecule has 4 heterocycles. The minimum Gasteiger partial charge on any atom is -0.494 e. The summed E-state index contributed by atoms with van der Waals surface area (Å²) < 4.78 is 12.5. The zero-order valence-electron chi connectivity index (χ0n) is 23.4. The molecular weight excluding hydrogens is 498 g/mol. The quantitative estimate of drug-likeness (QED) is 0.537. The van der Waals surface area contributed by atoms with Gasteiger partial charge in [-0.3, -0.25) is 14.4 Å². The molecule has 4 aliphatic heterocycles. The summed E-state index contributed by atoms with van der Waals surface area (Å²) in [6.45, 7) is 10.4. The lowest BCUT2D eigenvalue weighted by atomic mass is 9.73. The van der Waals surface area contributed by atoms with Crippen LogP contribution in [0.1, 0.15) is 41.0 Å². The van der Waals surface area contributed by atoms with E-state index in [9.17, 15) is 19.5 Å². The van der Waals surface area contributed by atoms with Gasteiger partial charge in [0, 0.05) is 24.8 Å². The lowest BCUT2D eigenvalue weighted by molar-refractivity contribution is -0.156. The van der Waals surface area contributed by atoms with Gasteiger partial charge >= 0.3 is 0 Å². The third-order valence-electron chi connectivity index (χ3n) is 8.73. The molecule has 0 aliphatic carbocycles. The first-order valence-corrected chi connectivity index (χ1v) is 14.0. The SMILES string of the molecule is CCOc1ccc(N2CC=C[C@@]3(CC)O[C@]45C=CCN(C(C)C)C(=O)C4N([C@H](C)CO)C(=O)[C@@H]5[C@H]3C2=O)cc1. The molecule has 5 rings (SSSR count). The van der Waals surface area contributed by atoms with E-state index in [-0.39, 0.29) is 30.4 Å². The molecule has 1 N–H and O–H groups in total. The van der Waals surface area contributed by atoms with Crippen molar-refractivity contribution in [2.45, 2.75) is 70.4 Å². The first-order valence-electron chi connectivity index (χ1n) is 14.0. The van der Waals surface area contributed by atoms with Crippen molar-refractivity contribution in [1.29, 1.82) is 0 Å². The topological polar surface area (TPSA) is 99.6 Å². The van der Waals surface area contributed by atoms with Crippen LogP contribution in [0.3, 0.4) is 0 Å². The maximum absolute atomic E-state index is 14.5. The number of ether oxygens (including phenoxy) is 2. The van der Waals surface area contributed by atoms with Gasteiger partial charge < -0.3 is 29.3 Å². The average Bonchev–Trinajstić information content (AvgIpc) is 3.22. The zero-order chi connectivity index (χ0) is 28.1. The molecule has 210 valence electrons. The number of likely N-dealkylation sites (tertiary alicyclic amines) is 1. The van der Waals surface area contributed by atoms with E-state index in [0.29, 0.717) is 37.6 Å². The van der Waals surface area contributed by atoms with E-state index in [1.807, 2.05) is 76.3 Å². The number of anilines is 1. The summed E-state index contributed by atoms with van der Waals surface area (Å²) in [5.41, 5.74) is -1.69. The maximum atomic E-state index is 14.5. The standard InChI is InChI=1S/C30H39N3O6/c1-6-29-14-8-17-32(21-10-12-22(13-11-21)38-7-2)26(35)23(29)24-27(36)33(20(5)18-34)25-28(37)31(19(3)4)16-9-15-30(24,25)39-29/h8-15,19-20,23-25,34H,6-7,16-18H2,1-5H3/t20-,23+,24+,25?,29-,30+/m1/s1. The summed E-state index contributed by atoms with van der Waals surface area (Å²) in [5.74, 6) is -1.82. The number of carbonyl (C=O) groups is 3. The Hall–Kier alpha value is -3.17. The van der Waals surface area contributed by atoms with Crippen LogP contribution in [0.25, 0.3) is 0 Å². The average molecular weight is 538 g/mol. The molecule has 1 aromatic carbocycles. The van der Waals surface area contributed by atoms with Crippen molar-refractivity contribution < 1.29 is 29.0 Å². The summed E-state index contributed by atoms with van der Waals surface area (Å²) in [4.78, 5) is 47.8. The number of hydrogen-bond donors (Lipinski definition) is 1. The van der Waals surface area contributed by atoms with Crippen LogP contribution in [0.5, 0.6) is 5.75 Å². The van der Waals surface area contributed by atoms with Crippen LogP contribution in [-0.4, -0.2) is 88.3 Å². The highest BCUT2D eigenvalue weighted by Crippen LogP contribution is 2.59. The van der Waals surface area contributed by atoms with Crippen LogP contribution >= 0.6 is 0 Å². The van der Waals surface area contributed by atoms with Crippen LogP contribution in [0.4, 0.5) is 5.69 Å². The first-order chi connectivity index (χ1) is 18.7. The van der Waals surface area contributed by atoms with Gasteiger partial charge in [-0.05, 0) is 58.4 Å². The molecule has 9 nitrogen and oxygen atoms in total. The fraction of sp³-hybridized carbons (Fsp3) is 0.567. The van der Waals surface area contributed by atoms with Crippen molar-refractivity contribution >= 4 is 23.4 Å². The molecule has 1 spiro atoms. The molecule has 4 aliphatic rings. The Labute approximate surface area is 230 Å². The minimum atomic E-state index is -1.33. The number of aliphatic hydroxyl groups is 1. The minimum absolute atomic E-state index is 0.0959. The Morgan fingerprint density at radius 3 is 2.28 bits per heavy atom. The lowest BCUT2D eigenvalue weighted by Crippen LogP contribution is -2.59. The van der Waals surface area contributed by atoms with Gasteiger partial charge in [-0.25, -0.2) is 0 Å². The molecule has 0 aromatic heterocycles. The molecule has 2 fully saturated rings. The van der Waals surface area contributed by atoms with Gasteiger partial charge in [-0.15, -0.1) is 0 Å². The van der Waals surface area contributed by atoms with Crippen LogP contribution in [-0.2, 0) is 19.1 Å². The van der Waals surface area contributed by atoms with Crippen molar-refractivity contribution in [3.63, 3.8) is 0 Å². The molecule has 9 heteroatoms. The monoisotopic (exact) mass is 537 g/mol. The van der Waals surface area contributed by atoms with E-state index in [0.717, 1.165) is 0 Å². The third kappa shape index (κ3) is 4.00. The van der Waals surface area contributed by atoms with Gasteiger partial charge in [-0.1, -0.05) is 31.2 Å². The van der Waals surface area contributed by atoms with Gasteiger partial charge in [0.2, 0.25) is 17.7 Å². The number of amides is 3. The molecular formula is C30H39N3O6. The van der Waals surface area contributed by atoms with Crippen LogP contribution in [0, 0.1) is 11.8 Å². The maximum Gasteiger partial charge on any atom is 0.249 e. The smallest absolute Gasteiger partial charge is 0.249 e. The second-order valence-electron chi connectivity index (χ2n) is 11.2. The number of benzene rings is 1. The molecule has 0 saturated carbocycles. The fourth-order valence-corrected chi connectivity index (χ4v) is 6.86. The highest BCUT2D eigenvalue weighted by molar-refractivity contribution is 6.04. The zero-order valence-corrected chi connectivity index (χ0v) is 23.4. The molecule has 0 radical (unpaired) electrons. The van der Waals surface area contributed by atoms with Crippen LogP contribution in [0.15, 0.2) is 48.6 Å².